The molecule has 0 atom stereocenters. The smallest absolute Gasteiger partial charge is 0.346 e. The number of carbonyl (C=O) groups excluding carboxylic acids is 1. The number of ether oxygens (including phenoxy) is 2. The molecule has 0 amide bonds. The fourth-order valence-electron chi connectivity index (χ4n) is 3.14. The number of morpholine rings is 1. The molecule has 1 fully saturated rings. The van der Waals surface area contributed by atoms with E-state index in [4.69, 9.17) is 9.47 Å². The zero-order chi connectivity index (χ0) is 22.1. The number of hydrogen-bond donors (Lipinski definition) is 0. The maximum absolute atomic E-state index is 14.3. The molecule has 0 aliphatic carbocycles. The lowest BCUT2D eigenvalue weighted by Gasteiger charge is -2.26. The number of carbonyl (C=O) groups is 1. The lowest BCUT2D eigenvalue weighted by molar-refractivity contribution is 0.0724. The normalized spacial score (nSPS) is 15.8. The van der Waals surface area contributed by atoms with Crippen molar-refractivity contribution < 1.29 is 27.1 Å². The van der Waals surface area contributed by atoms with Gasteiger partial charge in [0, 0.05) is 13.1 Å². The van der Waals surface area contributed by atoms with Gasteiger partial charge >= 0.3 is 5.97 Å². The molecule has 1 heterocycles. The molecule has 3 rings (SSSR count). The molecule has 0 saturated carbocycles. The van der Waals surface area contributed by atoms with Gasteiger partial charge in [-0.15, -0.1) is 0 Å². The van der Waals surface area contributed by atoms with Crippen molar-refractivity contribution in [3.63, 3.8) is 0 Å². The third kappa shape index (κ3) is 4.71. The standard InChI is InChI=1S/C22H26FNO5S/c1-15-13-16(22(2,3)4)5-8-20(15)29-21(25)18-14-17(6-7-19(18)23)30(26,27)24-9-11-28-12-10-24/h5-8,13-14H,9-12H2,1-4H3. The first-order valence-corrected chi connectivity index (χ1v) is 11.1. The van der Waals surface area contributed by atoms with E-state index < -0.39 is 27.4 Å². The Labute approximate surface area is 176 Å². The Morgan fingerprint density at radius 1 is 1.10 bits per heavy atom. The minimum Gasteiger partial charge on any atom is -0.423 e. The van der Waals surface area contributed by atoms with Gasteiger partial charge in [0.2, 0.25) is 10.0 Å². The van der Waals surface area contributed by atoms with E-state index in [0.29, 0.717) is 19.0 Å². The van der Waals surface area contributed by atoms with Gasteiger partial charge in [-0.3, -0.25) is 0 Å². The Morgan fingerprint density at radius 3 is 2.37 bits per heavy atom. The van der Waals surface area contributed by atoms with Crippen LogP contribution in [0.25, 0.3) is 0 Å². The van der Waals surface area contributed by atoms with Crippen LogP contribution in [0.1, 0.15) is 42.3 Å². The summed E-state index contributed by atoms with van der Waals surface area (Å²) in [6, 6.07) is 8.59. The SMILES string of the molecule is Cc1cc(C(C)(C)C)ccc1OC(=O)c1cc(S(=O)(=O)N2CCOCC2)ccc1F. The van der Waals surface area contributed by atoms with Crippen LogP contribution in [0.5, 0.6) is 5.75 Å². The molecular formula is C22H26FNO5S. The highest BCUT2D eigenvalue weighted by molar-refractivity contribution is 7.89. The predicted octanol–water partition coefficient (Wildman–Crippen LogP) is 3.67. The molecular weight excluding hydrogens is 409 g/mol. The number of hydrogen-bond acceptors (Lipinski definition) is 5. The quantitative estimate of drug-likeness (QED) is 0.541. The van der Waals surface area contributed by atoms with Gasteiger partial charge in [0.1, 0.15) is 11.6 Å². The van der Waals surface area contributed by atoms with Crippen LogP contribution in [-0.2, 0) is 20.2 Å². The third-order valence-corrected chi connectivity index (χ3v) is 6.90. The number of sulfonamides is 1. The molecule has 30 heavy (non-hydrogen) atoms. The fourth-order valence-corrected chi connectivity index (χ4v) is 4.58. The first kappa shape index (κ1) is 22.4. The summed E-state index contributed by atoms with van der Waals surface area (Å²) in [5, 5.41) is 0. The van der Waals surface area contributed by atoms with E-state index in [2.05, 4.69) is 20.8 Å². The van der Waals surface area contributed by atoms with Crippen LogP contribution in [0, 0.1) is 12.7 Å². The third-order valence-electron chi connectivity index (χ3n) is 5.01. The zero-order valence-electron chi connectivity index (χ0n) is 17.6. The van der Waals surface area contributed by atoms with Crippen molar-refractivity contribution in [2.75, 3.05) is 26.3 Å². The molecule has 2 aromatic rings. The van der Waals surface area contributed by atoms with Crippen LogP contribution in [0.15, 0.2) is 41.3 Å². The highest BCUT2D eigenvalue weighted by Gasteiger charge is 2.28. The highest BCUT2D eigenvalue weighted by atomic mass is 32.2. The summed E-state index contributed by atoms with van der Waals surface area (Å²) in [4.78, 5) is 12.5. The zero-order valence-corrected chi connectivity index (χ0v) is 18.4. The number of aryl methyl sites for hydroxylation is 1. The van der Waals surface area contributed by atoms with E-state index in [9.17, 15) is 17.6 Å². The Bertz CT molecular complexity index is 1050. The molecule has 162 valence electrons. The largest absolute Gasteiger partial charge is 0.423 e. The topological polar surface area (TPSA) is 72.9 Å². The van der Waals surface area contributed by atoms with Crippen molar-refractivity contribution in [1.29, 1.82) is 0 Å². The van der Waals surface area contributed by atoms with Crippen molar-refractivity contribution in [3.8, 4) is 5.75 Å². The summed E-state index contributed by atoms with van der Waals surface area (Å²) in [6.45, 7) is 9.01. The van der Waals surface area contributed by atoms with E-state index in [1.165, 1.54) is 4.31 Å². The molecule has 0 unspecified atom stereocenters. The average molecular weight is 436 g/mol. The number of rotatable bonds is 4. The van der Waals surface area contributed by atoms with E-state index in [1.807, 2.05) is 12.1 Å². The number of benzene rings is 2. The number of halogens is 1. The lowest BCUT2D eigenvalue weighted by atomic mass is 9.86. The average Bonchev–Trinajstić information content (AvgIpc) is 2.69. The van der Waals surface area contributed by atoms with Crippen LogP contribution in [0.2, 0.25) is 0 Å². The van der Waals surface area contributed by atoms with Crippen molar-refractivity contribution in [2.24, 2.45) is 0 Å². The Hall–Kier alpha value is -2.29. The summed E-state index contributed by atoms with van der Waals surface area (Å²) in [7, 11) is -3.86. The maximum atomic E-state index is 14.3. The van der Waals surface area contributed by atoms with Crippen LogP contribution >= 0.6 is 0 Å². The number of nitrogens with zero attached hydrogens (tertiary/aromatic N) is 1. The van der Waals surface area contributed by atoms with Gasteiger partial charge in [0.05, 0.1) is 23.7 Å². The summed E-state index contributed by atoms with van der Waals surface area (Å²) >= 11 is 0. The van der Waals surface area contributed by atoms with Crippen molar-refractivity contribution in [2.45, 2.75) is 38.0 Å². The molecule has 0 aromatic heterocycles. The highest BCUT2D eigenvalue weighted by Crippen LogP contribution is 2.28. The van der Waals surface area contributed by atoms with E-state index in [-0.39, 0.29) is 23.4 Å². The van der Waals surface area contributed by atoms with Crippen molar-refractivity contribution >= 4 is 16.0 Å². The first-order chi connectivity index (χ1) is 14.0. The molecule has 2 aromatic carbocycles. The van der Waals surface area contributed by atoms with Gasteiger partial charge in [0.25, 0.3) is 0 Å². The second kappa shape index (κ2) is 8.45. The molecule has 8 heteroatoms. The maximum Gasteiger partial charge on any atom is 0.346 e. The van der Waals surface area contributed by atoms with Crippen LogP contribution in [0.4, 0.5) is 4.39 Å². The van der Waals surface area contributed by atoms with E-state index in [0.717, 1.165) is 29.3 Å². The van der Waals surface area contributed by atoms with Gasteiger partial charge in [-0.05, 0) is 47.7 Å². The molecule has 6 nitrogen and oxygen atoms in total. The van der Waals surface area contributed by atoms with Crippen molar-refractivity contribution in [1.82, 2.24) is 4.31 Å². The minimum atomic E-state index is -3.86. The molecule has 1 aliphatic rings. The van der Waals surface area contributed by atoms with E-state index in [1.54, 1.807) is 13.0 Å². The second-order valence-corrected chi connectivity index (χ2v) is 10.2. The molecule has 0 N–H and O–H groups in total. The van der Waals surface area contributed by atoms with Gasteiger partial charge in [-0.1, -0.05) is 32.9 Å². The molecule has 0 radical (unpaired) electrons. The van der Waals surface area contributed by atoms with Gasteiger partial charge in [-0.2, -0.15) is 4.31 Å². The monoisotopic (exact) mass is 435 g/mol. The van der Waals surface area contributed by atoms with Gasteiger partial charge in [-0.25, -0.2) is 17.6 Å². The molecule has 0 spiro atoms. The summed E-state index contributed by atoms with van der Waals surface area (Å²) in [6.07, 6.45) is 0. The fraction of sp³-hybridized carbons (Fsp3) is 0.409. The summed E-state index contributed by atoms with van der Waals surface area (Å²) in [5.74, 6) is -1.49. The predicted molar refractivity (Wildman–Crippen MR) is 111 cm³/mol. The Balaban J connectivity index is 1.87. The summed E-state index contributed by atoms with van der Waals surface area (Å²) < 4.78 is 51.8. The van der Waals surface area contributed by atoms with Crippen molar-refractivity contribution in [3.05, 3.63) is 58.9 Å². The van der Waals surface area contributed by atoms with Crippen LogP contribution in [-0.4, -0.2) is 45.0 Å². The second-order valence-electron chi connectivity index (χ2n) is 8.28. The first-order valence-electron chi connectivity index (χ1n) is 9.71. The van der Waals surface area contributed by atoms with E-state index >= 15 is 0 Å². The molecule has 1 saturated heterocycles. The lowest BCUT2D eigenvalue weighted by Crippen LogP contribution is -2.40. The Morgan fingerprint density at radius 2 is 1.77 bits per heavy atom. The molecule has 0 bridgehead atoms. The van der Waals surface area contributed by atoms with Gasteiger partial charge < -0.3 is 9.47 Å². The van der Waals surface area contributed by atoms with Crippen LogP contribution in [0.3, 0.4) is 0 Å². The van der Waals surface area contributed by atoms with Crippen LogP contribution < -0.4 is 4.74 Å². The summed E-state index contributed by atoms with van der Waals surface area (Å²) in [5.41, 5.74) is 1.31. The Kier molecular flexibility index (Phi) is 6.31. The van der Waals surface area contributed by atoms with Gasteiger partial charge in [0.15, 0.2) is 0 Å². The number of esters is 1. The minimum absolute atomic E-state index is 0.0679. The molecule has 1 aliphatic heterocycles.